The van der Waals surface area contributed by atoms with Crippen LogP contribution in [0.3, 0.4) is 0 Å². The second-order valence-electron chi connectivity index (χ2n) is 8.32. The van der Waals surface area contributed by atoms with E-state index in [1.807, 2.05) is 16.7 Å². The van der Waals surface area contributed by atoms with Gasteiger partial charge in [0.15, 0.2) is 0 Å². The van der Waals surface area contributed by atoms with Crippen LogP contribution < -0.4 is 5.32 Å². The van der Waals surface area contributed by atoms with Gasteiger partial charge in [0.05, 0.1) is 10.8 Å². The Morgan fingerprint density at radius 3 is 2.72 bits per heavy atom. The van der Waals surface area contributed by atoms with Crippen LogP contribution in [0.1, 0.15) is 29.6 Å². The minimum Gasteiger partial charge on any atom is -0.381 e. The van der Waals surface area contributed by atoms with E-state index in [1.165, 1.54) is 0 Å². The number of nitrogens with zero attached hydrogens (tertiary/aromatic N) is 3. The van der Waals surface area contributed by atoms with Crippen molar-refractivity contribution >= 4 is 21.6 Å². The summed E-state index contributed by atoms with van der Waals surface area (Å²) in [5.74, 6) is 1.33. The summed E-state index contributed by atoms with van der Waals surface area (Å²) in [6.45, 7) is 2.98. The Labute approximate surface area is 170 Å². The summed E-state index contributed by atoms with van der Waals surface area (Å²) < 4.78 is 34.4. The lowest BCUT2D eigenvalue weighted by atomic mass is 10.2. The first kappa shape index (κ1) is 19.0. The number of aromatic nitrogens is 2. The van der Waals surface area contributed by atoms with Crippen LogP contribution in [0.4, 0.5) is 0 Å². The van der Waals surface area contributed by atoms with Crippen LogP contribution in [-0.4, -0.2) is 66.1 Å². The highest BCUT2D eigenvalue weighted by Crippen LogP contribution is 2.54. The molecule has 5 rings (SSSR count). The molecular formula is C20H26N4O4S. The Morgan fingerprint density at radius 2 is 1.97 bits per heavy atom. The molecule has 2 aromatic heterocycles. The summed E-state index contributed by atoms with van der Waals surface area (Å²) in [5, 5.41) is 2.71. The number of fused-ring (bicyclic) bond motifs is 2. The van der Waals surface area contributed by atoms with Crippen molar-refractivity contribution in [2.24, 2.45) is 17.8 Å². The molecule has 3 aliphatic rings. The highest BCUT2D eigenvalue weighted by atomic mass is 32.2. The van der Waals surface area contributed by atoms with E-state index in [9.17, 15) is 13.2 Å². The number of rotatable bonds is 6. The van der Waals surface area contributed by atoms with Gasteiger partial charge in [-0.2, -0.15) is 0 Å². The molecule has 0 aromatic carbocycles. The number of sulfonamides is 1. The van der Waals surface area contributed by atoms with Crippen molar-refractivity contribution in [1.82, 2.24) is 19.0 Å². The van der Waals surface area contributed by atoms with Crippen LogP contribution in [0.25, 0.3) is 5.65 Å². The van der Waals surface area contributed by atoms with Gasteiger partial charge in [0.2, 0.25) is 10.0 Å². The number of carbonyl (C=O) groups is 1. The number of nitrogens with one attached hydrogen (secondary N) is 1. The van der Waals surface area contributed by atoms with Crippen molar-refractivity contribution in [1.29, 1.82) is 0 Å². The number of piperidine rings is 1. The maximum atomic E-state index is 12.8. The van der Waals surface area contributed by atoms with Gasteiger partial charge in [0.25, 0.3) is 5.91 Å². The fourth-order valence-electron chi connectivity index (χ4n) is 4.94. The van der Waals surface area contributed by atoms with Crippen molar-refractivity contribution in [3.63, 3.8) is 0 Å². The van der Waals surface area contributed by atoms with Crippen molar-refractivity contribution in [2.75, 3.05) is 32.8 Å². The highest BCUT2D eigenvalue weighted by Gasteiger charge is 2.57. The Balaban J connectivity index is 1.09. The van der Waals surface area contributed by atoms with Gasteiger partial charge in [-0.1, -0.05) is 0 Å². The van der Waals surface area contributed by atoms with Crippen LogP contribution in [0.5, 0.6) is 0 Å². The van der Waals surface area contributed by atoms with Gasteiger partial charge < -0.3 is 14.5 Å². The molecule has 2 aliphatic heterocycles. The molecule has 1 saturated carbocycles. The molecule has 2 unspecified atom stereocenters. The first-order valence-electron chi connectivity index (χ1n) is 10.3. The fourth-order valence-corrected chi connectivity index (χ4v) is 6.91. The second-order valence-corrected chi connectivity index (χ2v) is 10.5. The van der Waals surface area contributed by atoms with E-state index in [-0.39, 0.29) is 11.2 Å². The molecular weight excluding hydrogens is 392 g/mol. The molecule has 1 amide bonds. The maximum Gasteiger partial charge on any atom is 0.252 e. The van der Waals surface area contributed by atoms with E-state index < -0.39 is 10.0 Å². The van der Waals surface area contributed by atoms with Gasteiger partial charge in [-0.05, 0) is 49.1 Å². The molecule has 8 nitrogen and oxygen atoms in total. The smallest absolute Gasteiger partial charge is 0.252 e. The van der Waals surface area contributed by atoms with Gasteiger partial charge >= 0.3 is 0 Å². The van der Waals surface area contributed by atoms with Crippen LogP contribution >= 0.6 is 0 Å². The molecule has 9 heteroatoms. The molecule has 3 fully saturated rings. The third kappa shape index (κ3) is 3.55. The molecule has 0 radical (unpaired) electrons. The van der Waals surface area contributed by atoms with Gasteiger partial charge in [0, 0.05) is 51.4 Å². The minimum absolute atomic E-state index is 0.0878. The lowest BCUT2D eigenvalue weighted by Crippen LogP contribution is -2.41. The summed E-state index contributed by atoms with van der Waals surface area (Å²) in [4.78, 5) is 16.6. The van der Waals surface area contributed by atoms with E-state index in [4.69, 9.17) is 4.74 Å². The Bertz CT molecular complexity index is 1000. The molecule has 29 heavy (non-hydrogen) atoms. The monoisotopic (exact) mass is 418 g/mol. The van der Waals surface area contributed by atoms with Gasteiger partial charge in [-0.15, -0.1) is 0 Å². The Kier molecular flexibility index (Phi) is 4.84. The molecule has 156 valence electrons. The maximum absolute atomic E-state index is 12.8. The quantitative estimate of drug-likeness (QED) is 0.759. The lowest BCUT2D eigenvalue weighted by molar-refractivity contribution is 0.0951. The molecule has 1 aliphatic carbocycles. The predicted molar refractivity (Wildman–Crippen MR) is 107 cm³/mol. The molecule has 0 bridgehead atoms. The van der Waals surface area contributed by atoms with Gasteiger partial charge in [-0.25, -0.2) is 17.7 Å². The first-order chi connectivity index (χ1) is 14.0. The molecule has 2 saturated heterocycles. The highest BCUT2D eigenvalue weighted by molar-refractivity contribution is 7.89. The normalized spacial score (nSPS) is 27.8. The van der Waals surface area contributed by atoms with Gasteiger partial charge in [-0.3, -0.25) is 4.79 Å². The van der Waals surface area contributed by atoms with E-state index >= 15 is 0 Å². The molecule has 2 aromatic rings. The van der Waals surface area contributed by atoms with Crippen LogP contribution in [-0.2, 0) is 14.8 Å². The minimum atomic E-state index is -3.19. The zero-order valence-electron chi connectivity index (χ0n) is 16.2. The zero-order chi connectivity index (χ0) is 20.0. The zero-order valence-corrected chi connectivity index (χ0v) is 17.1. The second kappa shape index (κ2) is 7.37. The Morgan fingerprint density at radius 1 is 1.21 bits per heavy atom. The van der Waals surface area contributed by atoms with Crippen molar-refractivity contribution < 1.29 is 17.9 Å². The van der Waals surface area contributed by atoms with Crippen LogP contribution in [0.2, 0.25) is 0 Å². The topological polar surface area (TPSA) is 93.0 Å². The Hall–Kier alpha value is -1.97. The molecule has 2 atom stereocenters. The number of carbonyl (C=O) groups excluding carboxylic acids is 1. The first-order valence-corrected chi connectivity index (χ1v) is 11.8. The van der Waals surface area contributed by atoms with Crippen molar-refractivity contribution in [2.45, 2.75) is 24.5 Å². The summed E-state index contributed by atoms with van der Waals surface area (Å²) >= 11 is 0. The van der Waals surface area contributed by atoms with Crippen molar-refractivity contribution in [3.05, 3.63) is 36.3 Å². The number of hydrogen-bond acceptors (Lipinski definition) is 5. The summed E-state index contributed by atoms with van der Waals surface area (Å²) in [6.07, 6.45) is 7.41. The van der Waals surface area contributed by atoms with E-state index in [0.29, 0.717) is 69.0 Å². The largest absolute Gasteiger partial charge is 0.381 e. The molecule has 0 spiro atoms. The van der Waals surface area contributed by atoms with Crippen LogP contribution in [0.15, 0.2) is 30.7 Å². The number of amides is 1. The standard InChI is InChI=1S/C20H26N4O4S/c25-20(14-1-2-19-21-7-8-23(19)11-14)22-6-3-16-17-12-24(13-18(16)17)29(26,27)15-4-9-28-10-5-15/h1-2,7-8,11,15-18H,3-6,9-10,12-13H2,(H,22,25). The number of ether oxygens (including phenoxy) is 1. The average Bonchev–Trinajstić information content (AvgIpc) is 3.10. The van der Waals surface area contributed by atoms with E-state index in [1.54, 1.807) is 22.8 Å². The molecule has 1 N–H and O–H groups in total. The lowest BCUT2D eigenvalue weighted by Gasteiger charge is -2.28. The van der Waals surface area contributed by atoms with Crippen molar-refractivity contribution in [3.8, 4) is 0 Å². The van der Waals surface area contributed by atoms with Crippen LogP contribution in [0, 0.1) is 17.8 Å². The summed E-state index contributed by atoms with van der Waals surface area (Å²) in [6, 6.07) is 3.61. The van der Waals surface area contributed by atoms with E-state index in [2.05, 4.69) is 10.3 Å². The fraction of sp³-hybridized carbons (Fsp3) is 0.600. The number of pyridine rings is 1. The SMILES string of the molecule is O=C(NCCC1C2CN(S(=O)(=O)C3CCOCC3)CC12)c1ccc2nccn2c1. The third-order valence-corrected chi connectivity index (χ3v) is 9.03. The summed E-state index contributed by atoms with van der Waals surface area (Å²) in [5.41, 5.74) is 1.42. The number of imidazole rings is 1. The molecule has 4 heterocycles. The average molecular weight is 419 g/mol. The number of hydrogen-bond donors (Lipinski definition) is 1. The third-order valence-electron chi connectivity index (χ3n) is 6.70. The predicted octanol–water partition coefficient (Wildman–Crippen LogP) is 1.14. The summed E-state index contributed by atoms with van der Waals surface area (Å²) in [7, 11) is -3.19. The van der Waals surface area contributed by atoms with Gasteiger partial charge in [0.1, 0.15) is 5.65 Å². The van der Waals surface area contributed by atoms with E-state index in [0.717, 1.165) is 12.1 Å².